The third-order valence-electron chi connectivity index (χ3n) is 8.05. The normalized spacial score (nSPS) is 12.2. The van der Waals surface area contributed by atoms with E-state index >= 15 is 0 Å². The van der Waals surface area contributed by atoms with E-state index in [-0.39, 0.29) is 0 Å². The zero-order valence-electron chi connectivity index (χ0n) is 20.4. The fourth-order valence-electron chi connectivity index (χ4n) is 6.21. The number of rotatable bonds is 2. The monoisotopic (exact) mass is 468 g/mol. The van der Waals surface area contributed by atoms with Gasteiger partial charge in [0.25, 0.3) is 0 Å². The van der Waals surface area contributed by atoms with Crippen LogP contribution in [0.15, 0.2) is 133 Å². The quantitative estimate of drug-likeness (QED) is 0.237. The zero-order chi connectivity index (χ0) is 24.3. The molecule has 0 radical (unpaired) electrons. The molecular formula is C37H24. The van der Waals surface area contributed by atoms with Crippen LogP contribution in [0.3, 0.4) is 0 Å². The van der Waals surface area contributed by atoms with Crippen LogP contribution in [0.1, 0.15) is 11.1 Å². The molecule has 0 atom stereocenters. The lowest BCUT2D eigenvalue weighted by molar-refractivity contribution is 1.20. The van der Waals surface area contributed by atoms with Crippen LogP contribution in [-0.2, 0) is 6.42 Å². The lowest BCUT2D eigenvalue weighted by atomic mass is 9.81. The van der Waals surface area contributed by atoms with Gasteiger partial charge in [0.15, 0.2) is 0 Å². The van der Waals surface area contributed by atoms with E-state index in [0.717, 1.165) is 6.42 Å². The number of hydrogen-bond donors (Lipinski definition) is 0. The van der Waals surface area contributed by atoms with Gasteiger partial charge in [-0.25, -0.2) is 0 Å². The van der Waals surface area contributed by atoms with E-state index in [1.165, 1.54) is 76.8 Å². The van der Waals surface area contributed by atoms with Gasteiger partial charge in [-0.15, -0.1) is 0 Å². The molecule has 0 amide bonds. The number of hydrogen-bond acceptors (Lipinski definition) is 0. The molecule has 37 heavy (non-hydrogen) atoms. The Balaban J connectivity index is 1.24. The van der Waals surface area contributed by atoms with Crippen molar-refractivity contribution in [2.45, 2.75) is 6.42 Å². The van der Waals surface area contributed by atoms with E-state index in [0.29, 0.717) is 0 Å². The average Bonchev–Trinajstić information content (AvgIpc) is 2.97. The Bertz CT molecular complexity index is 2010. The minimum absolute atomic E-state index is 0.999. The molecule has 0 saturated heterocycles. The van der Waals surface area contributed by atoms with Crippen molar-refractivity contribution in [2.24, 2.45) is 0 Å². The smallest absolute Gasteiger partial charge is 0.00132 e. The highest BCUT2D eigenvalue weighted by Crippen LogP contribution is 2.43. The Kier molecular flexibility index (Phi) is 4.39. The van der Waals surface area contributed by atoms with Crippen molar-refractivity contribution >= 4 is 32.3 Å². The molecule has 0 N–H and O–H groups in total. The van der Waals surface area contributed by atoms with Gasteiger partial charge < -0.3 is 0 Å². The predicted molar refractivity (Wildman–Crippen MR) is 158 cm³/mol. The highest BCUT2D eigenvalue weighted by molar-refractivity contribution is 6.08. The van der Waals surface area contributed by atoms with Crippen molar-refractivity contribution in [3.05, 3.63) is 145 Å². The SMILES string of the molecule is c1ccc2c(c1)Cc1ccc(-c3ccc4cc(-c5ccc6ccccc6c5)ccc4c3)c3cccc-2c13. The van der Waals surface area contributed by atoms with Gasteiger partial charge in [-0.05, 0) is 101 Å². The molecule has 172 valence electrons. The summed E-state index contributed by atoms with van der Waals surface area (Å²) in [7, 11) is 0. The molecule has 0 fully saturated rings. The van der Waals surface area contributed by atoms with Crippen molar-refractivity contribution in [1.82, 2.24) is 0 Å². The summed E-state index contributed by atoms with van der Waals surface area (Å²) in [5.41, 5.74) is 10.7. The van der Waals surface area contributed by atoms with Crippen LogP contribution in [0, 0.1) is 0 Å². The Labute approximate surface area is 216 Å². The van der Waals surface area contributed by atoms with Gasteiger partial charge in [0, 0.05) is 0 Å². The lowest BCUT2D eigenvalue weighted by Crippen LogP contribution is -2.01. The second-order valence-corrected chi connectivity index (χ2v) is 10.2. The third kappa shape index (κ3) is 3.23. The zero-order valence-corrected chi connectivity index (χ0v) is 20.4. The Hall–Kier alpha value is -4.68. The molecule has 0 bridgehead atoms. The molecule has 0 spiro atoms. The maximum atomic E-state index is 2.35. The van der Waals surface area contributed by atoms with Crippen LogP contribution in [0.25, 0.3) is 65.7 Å². The highest BCUT2D eigenvalue weighted by atomic mass is 14.2. The fourth-order valence-corrected chi connectivity index (χ4v) is 6.21. The van der Waals surface area contributed by atoms with Crippen molar-refractivity contribution in [2.75, 3.05) is 0 Å². The Morgan fingerprint density at radius 1 is 0.351 bits per heavy atom. The van der Waals surface area contributed by atoms with Gasteiger partial charge in [-0.2, -0.15) is 0 Å². The summed E-state index contributed by atoms with van der Waals surface area (Å²) in [6.07, 6.45) is 0.999. The van der Waals surface area contributed by atoms with E-state index in [1.807, 2.05) is 0 Å². The minimum Gasteiger partial charge on any atom is -0.0619 e. The molecule has 0 heterocycles. The van der Waals surface area contributed by atoms with Gasteiger partial charge in [0.1, 0.15) is 0 Å². The summed E-state index contributed by atoms with van der Waals surface area (Å²) in [4.78, 5) is 0. The van der Waals surface area contributed by atoms with Gasteiger partial charge >= 0.3 is 0 Å². The van der Waals surface area contributed by atoms with Crippen LogP contribution < -0.4 is 0 Å². The first-order chi connectivity index (χ1) is 18.3. The van der Waals surface area contributed by atoms with Crippen molar-refractivity contribution < 1.29 is 0 Å². The van der Waals surface area contributed by atoms with Crippen LogP contribution in [0.2, 0.25) is 0 Å². The first kappa shape index (κ1) is 20.5. The summed E-state index contributed by atoms with van der Waals surface area (Å²) in [6, 6.07) is 49.3. The maximum Gasteiger partial charge on any atom is -0.00132 e. The van der Waals surface area contributed by atoms with Crippen molar-refractivity contribution in [3.63, 3.8) is 0 Å². The minimum atomic E-state index is 0.999. The summed E-state index contributed by atoms with van der Waals surface area (Å²) in [6.45, 7) is 0. The van der Waals surface area contributed by atoms with E-state index in [4.69, 9.17) is 0 Å². The molecule has 0 nitrogen and oxygen atoms in total. The molecule has 0 unspecified atom stereocenters. The van der Waals surface area contributed by atoms with E-state index < -0.39 is 0 Å². The molecular weight excluding hydrogens is 444 g/mol. The average molecular weight is 469 g/mol. The van der Waals surface area contributed by atoms with Gasteiger partial charge in [-0.1, -0.05) is 115 Å². The van der Waals surface area contributed by atoms with Gasteiger partial charge in [0.05, 0.1) is 0 Å². The topological polar surface area (TPSA) is 0 Å². The Morgan fingerprint density at radius 2 is 0.973 bits per heavy atom. The van der Waals surface area contributed by atoms with Gasteiger partial charge in [0.2, 0.25) is 0 Å². The lowest BCUT2D eigenvalue weighted by Gasteiger charge is -2.22. The molecule has 0 aromatic heterocycles. The van der Waals surface area contributed by atoms with E-state index in [9.17, 15) is 0 Å². The van der Waals surface area contributed by atoms with Crippen LogP contribution >= 0.6 is 0 Å². The number of fused-ring (bicyclic) bond motifs is 4. The van der Waals surface area contributed by atoms with E-state index in [2.05, 4.69) is 133 Å². The van der Waals surface area contributed by atoms with Crippen LogP contribution in [0.4, 0.5) is 0 Å². The largest absolute Gasteiger partial charge is 0.0619 e. The number of benzene rings is 7. The molecule has 8 rings (SSSR count). The predicted octanol–water partition coefficient (Wildman–Crippen LogP) is 10.1. The summed E-state index contributed by atoms with van der Waals surface area (Å²) >= 11 is 0. The molecule has 0 saturated carbocycles. The van der Waals surface area contributed by atoms with Gasteiger partial charge in [-0.3, -0.25) is 0 Å². The van der Waals surface area contributed by atoms with E-state index in [1.54, 1.807) is 0 Å². The molecule has 1 aliphatic carbocycles. The maximum absolute atomic E-state index is 2.35. The highest BCUT2D eigenvalue weighted by Gasteiger charge is 2.19. The standard InChI is InChI=1S/C37H24/c1-2-7-25-20-26(13-12-24(25)6-1)27-14-15-29-22-31(17-16-28(29)21-27)34-19-18-32-23-30-8-3-4-9-33(30)35-10-5-11-36(34)37(32)35/h1-22H,23H2. The van der Waals surface area contributed by atoms with Crippen molar-refractivity contribution in [1.29, 1.82) is 0 Å². The molecule has 0 aliphatic heterocycles. The summed E-state index contributed by atoms with van der Waals surface area (Å²) in [5.74, 6) is 0. The first-order valence-corrected chi connectivity index (χ1v) is 13.0. The fraction of sp³-hybridized carbons (Fsp3) is 0.0270. The molecule has 0 heteroatoms. The van der Waals surface area contributed by atoms with Crippen LogP contribution in [-0.4, -0.2) is 0 Å². The van der Waals surface area contributed by atoms with Crippen molar-refractivity contribution in [3.8, 4) is 33.4 Å². The molecule has 7 aromatic carbocycles. The summed E-state index contributed by atoms with van der Waals surface area (Å²) in [5, 5.41) is 7.85. The molecule has 7 aromatic rings. The molecule has 1 aliphatic rings. The third-order valence-corrected chi connectivity index (χ3v) is 8.05. The summed E-state index contributed by atoms with van der Waals surface area (Å²) < 4.78 is 0. The van der Waals surface area contributed by atoms with Crippen LogP contribution in [0.5, 0.6) is 0 Å². The second-order valence-electron chi connectivity index (χ2n) is 10.2. The first-order valence-electron chi connectivity index (χ1n) is 13.0. The Morgan fingerprint density at radius 3 is 1.81 bits per heavy atom. The second kappa shape index (κ2) is 7.91.